The fourth-order valence-electron chi connectivity index (χ4n) is 2.46. The molecule has 126 valence electrons. The molecule has 4 nitrogen and oxygen atoms in total. The summed E-state index contributed by atoms with van der Waals surface area (Å²) in [5.41, 5.74) is 2.42. The van der Waals surface area contributed by atoms with E-state index in [1.54, 1.807) is 30.5 Å². The van der Waals surface area contributed by atoms with Crippen LogP contribution in [0, 0.1) is 0 Å². The summed E-state index contributed by atoms with van der Waals surface area (Å²) in [6.07, 6.45) is 1.61. The molecule has 1 unspecified atom stereocenters. The quantitative estimate of drug-likeness (QED) is 0.682. The number of halogens is 1. The van der Waals surface area contributed by atoms with Gasteiger partial charge in [-0.2, -0.15) is 0 Å². The van der Waals surface area contributed by atoms with Gasteiger partial charge in [0.25, 0.3) is 5.91 Å². The Bertz CT molecular complexity index is 868. The van der Waals surface area contributed by atoms with Crippen molar-refractivity contribution < 1.29 is 4.79 Å². The number of pyridine rings is 1. The van der Waals surface area contributed by atoms with Crippen LogP contribution < -0.4 is 10.6 Å². The Morgan fingerprint density at radius 3 is 2.60 bits per heavy atom. The molecule has 0 bridgehead atoms. The van der Waals surface area contributed by atoms with E-state index in [0.29, 0.717) is 16.4 Å². The van der Waals surface area contributed by atoms with Crippen LogP contribution >= 0.6 is 11.6 Å². The molecule has 2 N–H and O–H groups in total. The first-order valence-corrected chi connectivity index (χ1v) is 8.34. The highest BCUT2D eigenvalue weighted by molar-refractivity contribution is 6.30. The molecule has 0 saturated heterocycles. The molecule has 0 radical (unpaired) electrons. The van der Waals surface area contributed by atoms with Crippen molar-refractivity contribution in [3.05, 3.63) is 89.1 Å². The summed E-state index contributed by atoms with van der Waals surface area (Å²) in [5.74, 6) is 0.440. The number of aromatic nitrogens is 1. The summed E-state index contributed by atoms with van der Waals surface area (Å²) in [5, 5.41) is 6.78. The van der Waals surface area contributed by atoms with Crippen LogP contribution in [0.4, 0.5) is 11.5 Å². The molecule has 1 aromatic heterocycles. The molecular weight excluding hydrogens is 334 g/mol. The number of anilines is 2. The SMILES string of the molecule is CC(NC(=O)c1ccnc(Nc2cccc(Cl)c2)c1)c1ccccc1. The van der Waals surface area contributed by atoms with Crippen molar-refractivity contribution in [3.8, 4) is 0 Å². The Morgan fingerprint density at radius 2 is 1.84 bits per heavy atom. The minimum Gasteiger partial charge on any atom is -0.346 e. The lowest BCUT2D eigenvalue weighted by Crippen LogP contribution is -2.26. The van der Waals surface area contributed by atoms with Crippen LogP contribution in [0.3, 0.4) is 0 Å². The number of amides is 1. The van der Waals surface area contributed by atoms with Crippen LogP contribution in [0.25, 0.3) is 0 Å². The van der Waals surface area contributed by atoms with E-state index in [9.17, 15) is 4.79 Å². The van der Waals surface area contributed by atoms with E-state index in [4.69, 9.17) is 11.6 Å². The summed E-state index contributed by atoms with van der Waals surface area (Å²) < 4.78 is 0. The van der Waals surface area contributed by atoms with Gasteiger partial charge in [0, 0.05) is 22.5 Å². The number of carbonyl (C=O) groups is 1. The smallest absolute Gasteiger partial charge is 0.251 e. The van der Waals surface area contributed by atoms with Crippen molar-refractivity contribution in [2.24, 2.45) is 0 Å². The van der Waals surface area contributed by atoms with Gasteiger partial charge in [0.15, 0.2) is 0 Å². The minimum atomic E-state index is -0.145. The van der Waals surface area contributed by atoms with Gasteiger partial charge in [-0.15, -0.1) is 0 Å². The molecule has 25 heavy (non-hydrogen) atoms. The first kappa shape index (κ1) is 17.0. The van der Waals surface area contributed by atoms with E-state index >= 15 is 0 Å². The highest BCUT2D eigenvalue weighted by Gasteiger charge is 2.12. The summed E-state index contributed by atoms with van der Waals surface area (Å²) in [6.45, 7) is 1.96. The second-order valence-corrected chi connectivity index (χ2v) is 6.11. The number of hydrogen-bond donors (Lipinski definition) is 2. The van der Waals surface area contributed by atoms with Gasteiger partial charge in [-0.05, 0) is 42.8 Å². The van der Waals surface area contributed by atoms with Crippen LogP contribution in [0.1, 0.15) is 28.9 Å². The van der Waals surface area contributed by atoms with Crippen molar-refractivity contribution in [2.45, 2.75) is 13.0 Å². The fraction of sp³-hybridized carbons (Fsp3) is 0.100. The van der Waals surface area contributed by atoms with E-state index in [0.717, 1.165) is 11.3 Å². The zero-order valence-corrected chi connectivity index (χ0v) is 14.5. The summed E-state index contributed by atoms with van der Waals surface area (Å²) in [7, 11) is 0. The molecule has 0 aliphatic heterocycles. The molecule has 0 spiro atoms. The molecule has 0 aliphatic carbocycles. The predicted molar refractivity (Wildman–Crippen MR) is 101 cm³/mol. The van der Waals surface area contributed by atoms with Crippen molar-refractivity contribution in [1.29, 1.82) is 0 Å². The standard InChI is InChI=1S/C20H18ClN3O/c1-14(15-6-3-2-4-7-15)23-20(25)16-10-11-22-19(12-16)24-18-9-5-8-17(21)13-18/h2-14H,1H3,(H,22,24)(H,23,25). The maximum absolute atomic E-state index is 12.5. The maximum Gasteiger partial charge on any atom is 0.251 e. The topological polar surface area (TPSA) is 54.0 Å². The van der Waals surface area contributed by atoms with Crippen molar-refractivity contribution >= 4 is 29.0 Å². The number of nitrogens with zero attached hydrogens (tertiary/aromatic N) is 1. The van der Waals surface area contributed by atoms with Crippen LogP contribution in [0.15, 0.2) is 72.9 Å². The normalized spacial score (nSPS) is 11.6. The van der Waals surface area contributed by atoms with E-state index < -0.39 is 0 Å². The molecule has 2 aromatic carbocycles. The van der Waals surface area contributed by atoms with Gasteiger partial charge in [0.05, 0.1) is 6.04 Å². The first-order valence-electron chi connectivity index (χ1n) is 7.96. The third kappa shape index (κ3) is 4.58. The van der Waals surface area contributed by atoms with Crippen LogP contribution in [-0.4, -0.2) is 10.9 Å². The Kier molecular flexibility index (Phi) is 5.31. The molecule has 0 aliphatic rings. The Balaban J connectivity index is 1.71. The van der Waals surface area contributed by atoms with Gasteiger partial charge >= 0.3 is 0 Å². The maximum atomic E-state index is 12.5. The predicted octanol–water partition coefficient (Wildman–Crippen LogP) is 4.97. The third-order valence-electron chi connectivity index (χ3n) is 3.77. The molecule has 1 heterocycles. The largest absolute Gasteiger partial charge is 0.346 e. The third-order valence-corrected chi connectivity index (χ3v) is 4.00. The number of rotatable bonds is 5. The summed E-state index contributed by atoms with van der Waals surface area (Å²) in [4.78, 5) is 16.7. The molecule has 5 heteroatoms. The van der Waals surface area contributed by atoms with E-state index in [1.807, 2.05) is 49.4 Å². The lowest BCUT2D eigenvalue weighted by Gasteiger charge is -2.14. The van der Waals surface area contributed by atoms with Gasteiger partial charge in [-0.25, -0.2) is 4.98 Å². The molecule has 3 aromatic rings. The van der Waals surface area contributed by atoms with Gasteiger partial charge in [0.1, 0.15) is 5.82 Å². The van der Waals surface area contributed by atoms with Gasteiger partial charge in [-0.3, -0.25) is 4.79 Å². The van der Waals surface area contributed by atoms with Crippen LogP contribution in [0.2, 0.25) is 5.02 Å². The summed E-state index contributed by atoms with van der Waals surface area (Å²) in [6, 6.07) is 20.5. The van der Waals surface area contributed by atoms with Crippen LogP contribution in [-0.2, 0) is 0 Å². The second-order valence-electron chi connectivity index (χ2n) is 5.67. The molecule has 1 amide bonds. The number of benzene rings is 2. The van der Waals surface area contributed by atoms with Crippen molar-refractivity contribution in [2.75, 3.05) is 5.32 Å². The average Bonchev–Trinajstić information content (AvgIpc) is 2.62. The van der Waals surface area contributed by atoms with E-state index in [-0.39, 0.29) is 11.9 Å². The monoisotopic (exact) mass is 351 g/mol. The minimum absolute atomic E-state index is 0.0776. The Hall–Kier alpha value is -2.85. The first-order chi connectivity index (χ1) is 12.1. The van der Waals surface area contributed by atoms with E-state index in [1.165, 1.54) is 0 Å². The van der Waals surface area contributed by atoms with Crippen LogP contribution in [0.5, 0.6) is 0 Å². The second kappa shape index (κ2) is 7.81. The summed E-state index contributed by atoms with van der Waals surface area (Å²) >= 11 is 5.98. The van der Waals surface area contributed by atoms with Crippen molar-refractivity contribution in [1.82, 2.24) is 10.3 Å². The number of carbonyl (C=O) groups excluding carboxylic acids is 1. The zero-order valence-electron chi connectivity index (χ0n) is 13.7. The highest BCUT2D eigenvalue weighted by atomic mass is 35.5. The average molecular weight is 352 g/mol. The molecular formula is C20H18ClN3O. The molecule has 1 atom stereocenters. The van der Waals surface area contributed by atoms with Crippen molar-refractivity contribution in [3.63, 3.8) is 0 Å². The number of nitrogens with one attached hydrogen (secondary N) is 2. The van der Waals surface area contributed by atoms with E-state index in [2.05, 4.69) is 15.6 Å². The number of hydrogen-bond acceptors (Lipinski definition) is 3. The molecule has 0 fully saturated rings. The lowest BCUT2D eigenvalue weighted by molar-refractivity contribution is 0.0940. The lowest BCUT2D eigenvalue weighted by atomic mass is 10.1. The Morgan fingerprint density at radius 1 is 1.04 bits per heavy atom. The highest BCUT2D eigenvalue weighted by Crippen LogP contribution is 2.20. The Labute approximate surface area is 151 Å². The van der Waals surface area contributed by atoms with Gasteiger partial charge in [-0.1, -0.05) is 48.0 Å². The molecule has 0 saturated carbocycles. The van der Waals surface area contributed by atoms with Gasteiger partial charge in [0.2, 0.25) is 0 Å². The van der Waals surface area contributed by atoms with Gasteiger partial charge < -0.3 is 10.6 Å². The fourth-order valence-corrected chi connectivity index (χ4v) is 2.65. The molecule has 3 rings (SSSR count). The zero-order chi connectivity index (χ0) is 17.6.